The van der Waals surface area contributed by atoms with E-state index in [2.05, 4.69) is 17.4 Å². The van der Waals surface area contributed by atoms with Crippen LogP contribution in [0.5, 0.6) is 0 Å². The molecule has 1 aromatic carbocycles. The van der Waals surface area contributed by atoms with Crippen molar-refractivity contribution in [1.29, 1.82) is 0 Å². The highest BCUT2D eigenvalue weighted by Gasteiger charge is 2.58. The highest BCUT2D eigenvalue weighted by atomic mass is 16.7. The van der Waals surface area contributed by atoms with Gasteiger partial charge >= 0.3 is 6.09 Å². The molecule has 142 valence electrons. The van der Waals surface area contributed by atoms with Gasteiger partial charge in [0.2, 0.25) is 0 Å². The number of rotatable bonds is 5. The maximum Gasteiger partial charge on any atom is 0.404 e. The molecule has 26 heavy (non-hydrogen) atoms. The lowest BCUT2D eigenvalue weighted by atomic mass is 9.76. The second-order valence-electron chi connectivity index (χ2n) is 7.70. The molecule has 4 rings (SSSR count). The summed E-state index contributed by atoms with van der Waals surface area (Å²) in [6.45, 7) is 2.47. The van der Waals surface area contributed by atoms with Crippen LogP contribution in [0.1, 0.15) is 31.2 Å². The Morgan fingerprint density at radius 1 is 1.23 bits per heavy atom. The summed E-state index contributed by atoms with van der Waals surface area (Å²) in [7, 11) is 0. The summed E-state index contributed by atoms with van der Waals surface area (Å²) >= 11 is 0. The molecule has 3 aliphatic rings. The zero-order valence-electron chi connectivity index (χ0n) is 14.9. The summed E-state index contributed by atoms with van der Waals surface area (Å²) in [6.07, 6.45) is 2.63. The molecule has 3 fully saturated rings. The van der Waals surface area contributed by atoms with Crippen LogP contribution in [-0.4, -0.2) is 42.8 Å². The van der Waals surface area contributed by atoms with E-state index in [0.717, 1.165) is 25.7 Å². The minimum Gasteiger partial charge on any atom is -0.465 e. The molecule has 4 atom stereocenters. The van der Waals surface area contributed by atoms with Gasteiger partial charge in [-0.1, -0.05) is 30.3 Å². The summed E-state index contributed by atoms with van der Waals surface area (Å²) in [5.41, 5.74) is 1.17. The highest BCUT2D eigenvalue weighted by molar-refractivity contribution is 5.64. The molecule has 1 unspecified atom stereocenters. The van der Waals surface area contributed by atoms with Crippen molar-refractivity contribution in [1.82, 2.24) is 5.32 Å². The molecule has 0 aromatic heterocycles. The van der Waals surface area contributed by atoms with Crippen LogP contribution in [0.4, 0.5) is 4.79 Å². The first-order valence-electron chi connectivity index (χ1n) is 9.55. The molecule has 2 saturated carbocycles. The number of amides is 1. The van der Waals surface area contributed by atoms with Gasteiger partial charge in [-0.15, -0.1) is 0 Å². The Morgan fingerprint density at radius 2 is 2.00 bits per heavy atom. The summed E-state index contributed by atoms with van der Waals surface area (Å²) in [4.78, 5) is 11.0. The minimum absolute atomic E-state index is 0.0381. The predicted octanol–water partition coefficient (Wildman–Crippen LogP) is 3.02. The molecule has 1 spiro atoms. The highest BCUT2D eigenvalue weighted by Crippen LogP contribution is 2.54. The summed E-state index contributed by atoms with van der Waals surface area (Å²) in [6, 6.07) is 10.2. The zero-order valence-corrected chi connectivity index (χ0v) is 14.9. The van der Waals surface area contributed by atoms with E-state index >= 15 is 0 Å². The van der Waals surface area contributed by atoms with Gasteiger partial charge in [0.15, 0.2) is 5.79 Å². The second kappa shape index (κ2) is 7.55. The fourth-order valence-corrected chi connectivity index (χ4v) is 5.13. The SMILES string of the molecule is O=C(O)NC1CC[C@@H]2[C@H](C1)CC1(OCCO1)[C@H]2COCc1ccccc1. The Labute approximate surface area is 153 Å². The van der Waals surface area contributed by atoms with E-state index in [0.29, 0.717) is 38.3 Å². The molecule has 1 aromatic rings. The maximum absolute atomic E-state index is 11.0. The monoisotopic (exact) mass is 361 g/mol. The van der Waals surface area contributed by atoms with E-state index < -0.39 is 11.9 Å². The smallest absolute Gasteiger partial charge is 0.404 e. The van der Waals surface area contributed by atoms with Gasteiger partial charge < -0.3 is 24.6 Å². The van der Waals surface area contributed by atoms with Gasteiger partial charge in [0.1, 0.15) is 0 Å². The van der Waals surface area contributed by atoms with E-state index in [1.54, 1.807) is 0 Å². The van der Waals surface area contributed by atoms with Gasteiger partial charge in [-0.05, 0) is 36.7 Å². The quantitative estimate of drug-likeness (QED) is 0.843. The Kier molecular flexibility index (Phi) is 5.16. The van der Waals surface area contributed by atoms with Crippen LogP contribution in [0, 0.1) is 17.8 Å². The first kappa shape index (κ1) is 17.8. The molecular formula is C20H27NO5. The van der Waals surface area contributed by atoms with Crippen molar-refractivity contribution in [2.75, 3.05) is 19.8 Å². The van der Waals surface area contributed by atoms with Gasteiger partial charge in [0, 0.05) is 18.4 Å². The van der Waals surface area contributed by atoms with Crippen LogP contribution < -0.4 is 5.32 Å². The standard InChI is InChI=1S/C20H27NO5/c22-19(23)21-16-6-7-17-15(10-16)11-20(25-8-9-26-20)18(17)13-24-12-14-4-2-1-3-5-14/h1-5,15-18,21H,6-13H2,(H,22,23)/t15-,16?,17-,18+/m1/s1. The number of hydrogen-bond donors (Lipinski definition) is 2. The normalized spacial score (nSPS) is 32.5. The summed E-state index contributed by atoms with van der Waals surface area (Å²) in [5, 5.41) is 11.7. The molecule has 0 radical (unpaired) electrons. The third kappa shape index (κ3) is 3.59. The van der Waals surface area contributed by atoms with E-state index in [1.165, 1.54) is 5.56 Å². The Morgan fingerprint density at radius 3 is 2.73 bits per heavy atom. The van der Waals surface area contributed by atoms with Gasteiger partial charge in [0.05, 0.1) is 26.4 Å². The van der Waals surface area contributed by atoms with Crippen molar-refractivity contribution in [3.63, 3.8) is 0 Å². The number of carbonyl (C=O) groups is 1. The van der Waals surface area contributed by atoms with Crippen molar-refractivity contribution in [2.24, 2.45) is 17.8 Å². The lowest BCUT2D eigenvalue weighted by molar-refractivity contribution is -0.198. The Bertz CT molecular complexity index is 616. The second-order valence-corrected chi connectivity index (χ2v) is 7.70. The molecule has 1 amide bonds. The average Bonchev–Trinajstić information content (AvgIpc) is 3.20. The summed E-state index contributed by atoms with van der Waals surface area (Å²) < 4.78 is 18.2. The van der Waals surface area contributed by atoms with Crippen molar-refractivity contribution >= 4 is 6.09 Å². The fraction of sp³-hybridized carbons (Fsp3) is 0.650. The lowest BCUT2D eigenvalue weighted by Gasteiger charge is -2.35. The summed E-state index contributed by atoms with van der Waals surface area (Å²) in [5.74, 6) is 0.564. The van der Waals surface area contributed by atoms with Crippen LogP contribution in [0.2, 0.25) is 0 Å². The zero-order chi connectivity index (χ0) is 18.0. The van der Waals surface area contributed by atoms with Crippen LogP contribution in [0.3, 0.4) is 0 Å². The van der Waals surface area contributed by atoms with Crippen molar-refractivity contribution < 1.29 is 24.1 Å². The van der Waals surface area contributed by atoms with Crippen LogP contribution in [0.25, 0.3) is 0 Å². The topological polar surface area (TPSA) is 77.0 Å². The van der Waals surface area contributed by atoms with E-state index in [9.17, 15) is 4.79 Å². The minimum atomic E-state index is -0.933. The molecule has 6 nitrogen and oxygen atoms in total. The molecular weight excluding hydrogens is 334 g/mol. The molecule has 1 heterocycles. The van der Waals surface area contributed by atoms with Gasteiger partial charge in [-0.3, -0.25) is 0 Å². The number of nitrogens with one attached hydrogen (secondary N) is 1. The molecule has 0 bridgehead atoms. The average molecular weight is 361 g/mol. The first-order chi connectivity index (χ1) is 12.7. The number of carboxylic acid groups (broad SMARTS) is 1. The van der Waals surface area contributed by atoms with Crippen LogP contribution in [0.15, 0.2) is 30.3 Å². The van der Waals surface area contributed by atoms with Crippen LogP contribution in [-0.2, 0) is 20.8 Å². The molecule has 1 saturated heterocycles. The van der Waals surface area contributed by atoms with Crippen LogP contribution >= 0.6 is 0 Å². The van der Waals surface area contributed by atoms with Crippen molar-refractivity contribution in [2.45, 2.75) is 44.1 Å². The number of ether oxygens (including phenoxy) is 3. The number of benzene rings is 1. The predicted molar refractivity (Wildman–Crippen MR) is 94.6 cm³/mol. The van der Waals surface area contributed by atoms with Gasteiger partial charge in [-0.25, -0.2) is 4.79 Å². The molecule has 2 N–H and O–H groups in total. The maximum atomic E-state index is 11.0. The lowest BCUT2D eigenvalue weighted by Crippen LogP contribution is -2.41. The Balaban J connectivity index is 1.41. The largest absolute Gasteiger partial charge is 0.465 e. The fourth-order valence-electron chi connectivity index (χ4n) is 5.13. The molecule has 2 aliphatic carbocycles. The number of fused-ring (bicyclic) bond motifs is 1. The Hall–Kier alpha value is -1.63. The van der Waals surface area contributed by atoms with Crippen molar-refractivity contribution in [3.8, 4) is 0 Å². The van der Waals surface area contributed by atoms with E-state index in [1.807, 2.05) is 18.2 Å². The third-order valence-corrected chi connectivity index (χ3v) is 6.18. The van der Waals surface area contributed by atoms with E-state index in [4.69, 9.17) is 19.3 Å². The number of hydrogen-bond acceptors (Lipinski definition) is 4. The van der Waals surface area contributed by atoms with Gasteiger partial charge in [0.25, 0.3) is 0 Å². The van der Waals surface area contributed by atoms with Gasteiger partial charge in [-0.2, -0.15) is 0 Å². The molecule has 1 aliphatic heterocycles. The van der Waals surface area contributed by atoms with Crippen molar-refractivity contribution in [3.05, 3.63) is 35.9 Å². The first-order valence-corrected chi connectivity index (χ1v) is 9.55. The molecule has 6 heteroatoms. The third-order valence-electron chi connectivity index (χ3n) is 6.18. The van der Waals surface area contributed by atoms with E-state index in [-0.39, 0.29) is 12.0 Å².